The lowest BCUT2D eigenvalue weighted by Crippen LogP contribution is -2.05. The Hall–Kier alpha value is -2.77. The molecule has 0 unspecified atom stereocenters. The van der Waals surface area contributed by atoms with Crippen molar-refractivity contribution in [1.29, 1.82) is 0 Å². The molecule has 1 aromatic carbocycles. The van der Waals surface area contributed by atoms with Crippen molar-refractivity contribution in [1.82, 2.24) is 9.97 Å². The number of hydrogen-bond donors (Lipinski definition) is 2. The quantitative estimate of drug-likeness (QED) is 0.659. The van der Waals surface area contributed by atoms with Gasteiger partial charge in [0, 0.05) is 7.05 Å². The van der Waals surface area contributed by atoms with Crippen LogP contribution in [0.1, 0.15) is 5.56 Å². The van der Waals surface area contributed by atoms with Crippen LogP contribution in [0.2, 0.25) is 0 Å². The van der Waals surface area contributed by atoms with Gasteiger partial charge in [0.05, 0.1) is 10.6 Å². The van der Waals surface area contributed by atoms with E-state index in [1.807, 2.05) is 0 Å². The van der Waals surface area contributed by atoms with Crippen LogP contribution in [0.25, 0.3) is 0 Å². The highest BCUT2D eigenvalue weighted by atomic mass is 19.1. The number of nitro groups is 1. The molecule has 2 N–H and O–H groups in total. The summed E-state index contributed by atoms with van der Waals surface area (Å²) in [6, 6.07) is 4.52. The van der Waals surface area contributed by atoms with Gasteiger partial charge >= 0.3 is 5.69 Å². The Morgan fingerprint density at radius 2 is 2.15 bits per heavy atom. The molecule has 0 amide bonds. The molecule has 1 heterocycles. The first-order chi connectivity index (χ1) is 9.51. The van der Waals surface area contributed by atoms with Gasteiger partial charge in [0.1, 0.15) is 12.0 Å². The Balaban J connectivity index is 2.43. The number of nitrogens with zero attached hydrogens (tertiary/aromatic N) is 3. The van der Waals surface area contributed by atoms with Gasteiger partial charge in [-0.05, 0) is 24.6 Å². The second-order valence-corrected chi connectivity index (χ2v) is 4.04. The summed E-state index contributed by atoms with van der Waals surface area (Å²) in [5.74, 6) is -0.383. The van der Waals surface area contributed by atoms with Crippen LogP contribution in [0.4, 0.5) is 27.5 Å². The smallest absolute Gasteiger partial charge is 0.329 e. The van der Waals surface area contributed by atoms with E-state index >= 15 is 0 Å². The Bertz CT molecular complexity index is 662. The number of nitrogens with one attached hydrogen (secondary N) is 2. The van der Waals surface area contributed by atoms with Gasteiger partial charge in [0.25, 0.3) is 0 Å². The van der Waals surface area contributed by atoms with Crippen molar-refractivity contribution in [3.63, 3.8) is 0 Å². The topological polar surface area (TPSA) is 93.0 Å². The summed E-state index contributed by atoms with van der Waals surface area (Å²) in [7, 11) is 1.58. The monoisotopic (exact) mass is 277 g/mol. The highest BCUT2D eigenvalue weighted by Crippen LogP contribution is 2.27. The Labute approximate surface area is 114 Å². The Morgan fingerprint density at radius 3 is 2.75 bits per heavy atom. The third-order valence-electron chi connectivity index (χ3n) is 2.57. The molecule has 0 aliphatic rings. The lowest BCUT2D eigenvalue weighted by Gasteiger charge is -2.08. The molecule has 0 aliphatic heterocycles. The zero-order chi connectivity index (χ0) is 14.7. The number of anilines is 3. The van der Waals surface area contributed by atoms with E-state index in [4.69, 9.17) is 0 Å². The number of aromatic nitrogens is 2. The summed E-state index contributed by atoms with van der Waals surface area (Å²) in [6.45, 7) is 1.75. The van der Waals surface area contributed by atoms with E-state index in [2.05, 4.69) is 20.6 Å². The second-order valence-electron chi connectivity index (χ2n) is 4.04. The average molecular weight is 277 g/mol. The maximum absolute atomic E-state index is 13.8. The largest absolute Gasteiger partial charge is 0.357 e. The van der Waals surface area contributed by atoms with Gasteiger partial charge in [-0.15, -0.1) is 0 Å². The molecule has 0 fully saturated rings. The molecule has 2 aromatic rings. The fourth-order valence-electron chi connectivity index (χ4n) is 1.57. The molecule has 0 atom stereocenters. The third-order valence-corrected chi connectivity index (χ3v) is 2.57. The summed E-state index contributed by atoms with van der Waals surface area (Å²) in [4.78, 5) is 18.0. The van der Waals surface area contributed by atoms with E-state index in [9.17, 15) is 14.5 Å². The Kier molecular flexibility index (Phi) is 3.74. The van der Waals surface area contributed by atoms with Crippen molar-refractivity contribution >= 4 is 23.1 Å². The van der Waals surface area contributed by atoms with Crippen molar-refractivity contribution < 1.29 is 9.31 Å². The minimum atomic E-state index is -0.631. The SMILES string of the molecule is CNc1ncc([N+](=O)[O-])c(Nc2ccc(C)cc2F)n1. The molecule has 8 heteroatoms. The molecular formula is C12H12FN5O2. The third kappa shape index (κ3) is 2.79. The molecule has 0 aliphatic carbocycles. The minimum absolute atomic E-state index is 0.0721. The van der Waals surface area contributed by atoms with Crippen LogP contribution in [0.5, 0.6) is 0 Å². The van der Waals surface area contributed by atoms with Gasteiger partial charge < -0.3 is 10.6 Å². The number of benzene rings is 1. The molecule has 0 radical (unpaired) electrons. The lowest BCUT2D eigenvalue weighted by molar-refractivity contribution is -0.384. The Morgan fingerprint density at radius 1 is 1.40 bits per heavy atom. The van der Waals surface area contributed by atoms with Crippen molar-refractivity contribution in [2.45, 2.75) is 6.92 Å². The zero-order valence-electron chi connectivity index (χ0n) is 10.8. The molecule has 2 rings (SSSR count). The zero-order valence-corrected chi connectivity index (χ0v) is 10.8. The van der Waals surface area contributed by atoms with E-state index in [-0.39, 0.29) is 23.1 Å². The van der Waals surface area contributed by atoms with E-state index in [1.165, 1.54) is 12.1 Å². The van der Waals surface area contributed by atoms with Crippen LogP contribution in [0.15, 0.2) is 24.4 Å². The number of aryl methyl sites for hydroxylation is 1. The molecular weight excluding hydrogens is 265 g/mol. The number of hydrogen-bond acceptors (Lipinski definition) is 6. The van der Waals surface area contributed by atoms with Crippen LogP contribution >= 0.6 is 0 Å². The fraction of sp³-hybridized carbons (Fsp3) is 0.167. The first-order valence-corrected chi connectivity index (χ1v) is 5.73. The van der Waals surface area contributed by atoms with Crippen molar-refractivity contribution in [3.8, 4) is 0 Å². The first-order valence-electron chi connectivity index (χ1n) is 5.73. The van der Waals surface area contributed by atoms with E-state index in [1.54, 1.807) is 20.0 Å². The summed E-state index contributed by atoms with van der Waals surface area (Å²) in [5, 5.41) is 16.2. The van der Waals surface area contributed by atoms with Gasteiger partial charge in [-0.1, -0.05) is 6.07 Å². The molecule has 0 bridgehead atoms. The minimum Gasteiger partial charge on any atom is -0.357 e. The normalized spacial score (nSPS) is 10.2. The maximum atomic E-state index is 13.8. The van der Waals surface area contributed by atoms with E-state index in [0.717, 1.165) is 11.8 Å². The summed E-state index contributed by atoms with van der Waals surface area (Å²) in [5.41, 5.74) is 0.532. The van der Waals surface area contributed by atoms with Crippen molar-refractivity contribution in [3.05, 3.63) is 45.9 Å². The van der Waals surface area contributed by atoms with Crippen molar-refractivity contribution in [2.24, 2.45) is 0 Å². The molecule has 1 aromatic heterocycles. The predicted octanol–water partition coefficient (Wildman–Crippen LogP) is 2.62. The molecule has 7 nitrogen and oxygen atoms in total. The van der Waals surface area contributed by atoms with Crippen LogP contribution in [-0.4, -0.2) is 21.9 Å². The van der Waals surface area contributed by atoms with Crippen molar-refractivity contribution in [2.75, 3.05) is 17.7 Å². The van der Waals surface area contributed by atoms with Gasteiger partial charge in [0.2, 0.25) is 11.8 Å². The molecule has 0 saturated carbocycles. The highest BCUT2D eigenvalue weighted by molar-refractivity contribution is 5.66. The standard InChI is InChI=1S/C12H12FN5O2/c1-7-3-4-9(8(13)5-7)16-11-10(18(19)20)6-15-12(14-2)17-11/h3-6H,1-2H3,(H2,14,15,16,17). The summed E-state index contributed by atoms with van der Waals surface area (Å²) in [6.07, 6.45) is 1.06. The summed E-state index contributed by atoms with van der Waals surface area (Å²) >= 11 is 0. The second kappa shape index (κ2) is 5.47. The fourth-order valence-corrected chi connectivity index (χ4v) is 1.57. The highest BCUT2D eigenvalue weighted by Gasteiger charge is 2.18. The number of halogens is 1. The van der Waals surface area contributed by atoms with Gasteiger partial charge in [0.15, 0.2) is 0 Å². The molecule has 104 valence electrons. The average Bonchev–Trinajstić information content (AvgIpc) is 2.41. The lowest BCUT2D eigenvalue weighted by atomic mass is 10.2. The van der Waals surface area contributed by atoms with Crippen LogP contribution < -0.4 is 10.6 Å². The first kappa shape index (κ1) is 13.7. The number of rotatable bonds is 4. The molecule has 0 spiro atoms. The van der Waals surface area contributed by atoms with Gasteiger partial charge in [-0.3, -0.25) is 10.1 Å². The summed E-state index contributed by atoms with van der Waals surface area (Å²) < 4.78 is 13.8. The van der Waals surface area contributed by atoms with E-state index < -0.39 is 10.7 Å². The van der Waals surface area contributed by atoms with Gasteiger partial charge in [-0.25, -0.2) is 9.37 Å². The molecule has 0 saturated heterocycles. The van der Waals surface area contributed by atoms with Crippen LogP contribution in [0.3, 0.4) is 0 Å². The molecule has 20 heavy (non-hydrogen) atoms. The van der Waals surface area contributed by atoms with E-state index in [0.29, 0.717) is 0 Å². The predicted molar refractivity (Wildman–Crippen MR) is 72.7 cm³/mol. The van der Waals surface area contributed by atoms with Gasteiger partial charge in [-0.2, -0.15) is 4.98 Å². The van der Waals surface area contributed by atoms with Crippen LogP contribution in [-0.2, 0) is 0 Å². The van der Waals surface area contributed by atoms with Crippen LogP contribution in [0, 0.1) is 22.9 Å². The maximum Gasteiger partial charge on any atom is 0.329 e.